The molecule has 0 radical (unpaired) electrons. The summed E-state index contributed by atoms with van der Waals surface area (Å²) in [6.07, 6.45) is 6.68. The second-order valence-electron chi connectivity index (χ2n) is 5.27. The Bertz CT molecular complexity index is 400. The molecule has 0 atom stereocenters. The number of nitrogen functional groups attached to an aromatic ring is 1. The first-order valence-electron chi connectivity index (χ1n) is 7.54. The molecule has 0 bridgehead atoms. The molecule has 1 aliphatic carbocycles. The van der Waals surface area contributed by atoms with E-state index in [0.29, 0.717) is 12.6 Å². The highest BCUT2D eigenvalue weighted by Crippen LogP contribution is 2.31. The van der Waals surface area contributed by atoms with Crippen molar-refractivity contribution in [1.82, 2.24) is 0 Å². The number of rotatable bonds is 5. The largest absolute Gasteiger partial charge is 0.494 e. The number of hydrogen-bond acceptors (Lipinski definition) is 3. The highest BCUT2D eigenvalue weighted by molar-refractivity contribution is 5.61. The van der Waals surface area contributed by atoms with E-state index in [2.05, 4.69) is 24.0 Å². The highest BCUT2D eigenvalue weighted by atomic mass is 16.5. The van der Waals surface area contributed by atoms with Crippen LogP contribution in [0.4, 0.5) is 11.4 Å². The van der Waals surface area contributed by atoms with Gasteiger partial charge < -0.3 is 15.4 Å². The highest BCUT2D eigenvalue weighted by Gasteiger charge is 2.20. The van der Waals surface area contributed by atoms with Gasteiger partial charge in [0.05, 0.1) is 6.61 Å². The molecular weight excluding hydrogens is 236 g/mol. The van der Waals surface area contributed by atoms with E-state index < -0.39 is 0 Å². The number of benzene rings is 1. The Hall–Kier alpha value is -1.38. The van der Waals surface area contributed by atoms with Crippen molar-refractivity contribution >= 4 is 11.4 Å². The van der Waals surface area contributed by atoms with Crippen molar-refractivity contribution in [3.05, 3.63) is 18.2 Å². The number of anilines is 2. The SMILES string of the molecule is CCOc1cc(N)cc(N(CC)C2CCCCC2)c1. The lowest BCUT2D eigenvalue weighted by atomic mass is 9.93. The summed E-state index contributed by atoms with van der Waals surface area (Å²) < 4.78 is 5.60. The normalized spacial score (nSPS) is 16.3. The molecule has 106 valence electrons. The maximum Gasteiger partial charge on any atom is 0.123 e. The van der Waals surface area contributed by atoms with Gasteiger partial charge in [-0.2, -0.15) is 0 Å². The van der Waals surface area contributed by atoms with Crippen LogP contribution in [-0.2, 0) is 0 Å². The molecule has 1 fully saturated rings. The molecule has 3 nitrogen and oxygen atoms in total. The molecule has 1 aliphatic rings. The fraction of sp³-hybridized carbons (Fsp3) is 0.625. The fourth-order valence-electron chi connectivity index (χ4n) is 3.07. The standard InChI is InChI=1S/C16H26N2O/c1-3-18(14-8-6-5-7-9-14)15-10-13(17)11-16(12-15)19-4-2/h10-12,14H,3-9,17H2,1-2H3. The average molecular weight is 262 g/mol. The number of nitrogens with two attached hydrogens (primary N) is 1. The van der Waals surface area contributed by atoms with E-state index in [1.807, 2.05) is 13.0 Å². The lowest BCUT2D eigenvalue weighted by molar-refractivity contribution is 0.340. The third-order valence-corrected chi connectivity index (χ3v) is 3.91. The van der Waals surface area contributed by atoms with Gasteiger partial charge in [0.2, 0.25) is 0 Å². The van der Waals surface area contributed by atoms with Crippen LogP contribution in [-0.4, -0.2) is 19.2 Å². The predicted molar refractivity (Wildman–Crippen MR) is 81.9 cm³/mol. The molecule has 0 spiro atoms. The lowest BCUT2D eigenvalue weighted by Crippen LogP contribution is -2.36. The van der Waals surface area contributed by atoms with Gasteiger partial charge in [-0.25, -0.2) is 0 Å². The van der Waals surface area contributed by atoms with Crippen LogP contribution >= 0.6 is 0 Å². The molecule has 1 saturated carbocycles. The third-order valence-electron chi connectivity index (χ3n) is 3.91. The number of ether oxygens (including phenoxy) is 1. The molecule has 1 aromatic carbocycles. The minimum Gasteiger partial charge on any atom is -0.494 e. The Morgan fingerprint density at radius 2 is 1.89 bits per heavy atom. The van der Waals surface area contributed by atoms with Gasteiger partial charge in [0.15, 0.2) is 0 Å². The Morgan fingerprint density at radius 3 is 2.53 bits per heavy atom. The summed E-state index contributed by atoms with van der Waals surface area (Å²) in [5.74, 6) is 0.881. The van der Waals surface area contributed by atoms with Gasteiger partial charge in [-0.3, -0.25) is 0 Å². The van der Waals surface area contributed by atoms with Gasteiger partial charge in [-0.05, 0) is 32.8 Å². The molecule has 0 amide bonds. The zero-order valence-corrected chi connectivity index (χ0v) is 12.2. The van der Waals surface area contributed by atoms with E-state index in [-0.39, 0.29) is 0 Å². The quantitative estimate of drug-likeness (QED) is 0.820. The molecule has 0 aromatic heterocycles. The van der Waals surface area contributed by atoms with E-state index in [4.69, 9.17) is 10.5 Å². The summed E-state index contributed by atoms with van der Waals surface area (Å²) in [6.45, 7) is 5.93. The molecule has 2 rings (SSSR count). The van der Waals surface area contributed by atoms with Gasteiger partial charge in [-0.1, -0.05) is 19.3 Å². The molecule has 19 heavy (non-hydrogen) atoms. The van der Waals surface area contributed by atoms with Crippen molar-refractivity contribution in [1.29, 1.82) is 0 Å². The molecule has 1 aromatic rings. The minimum absolute atomic E-state index is 0.662. The summed E-state index contributed by atoms with van der Waals surface area (Å²) >= 11 is 0. The first kappa shape index (κ1) is 14.0. The maximum absolute atomic E-state index is 6.01. The maximum atomic E-state index is 6.01. The molecule has 2 N–H and O–H groups in total. The van der Waals surface area contributed by atoms with E-state index in [1.54, 1.807) is 0 Å². The Balaban J connectivity index is 2.21. The van der Waals surface area contributed by atoms with Crippen LogP contribution < -0.4 is 15.4 Å². The molecule has 0 aliphatic heterocycles. The third kappa shape index (κ3) is 3.55. The Kier molecular flexibility index (Phi) is 4.94. The van der Waals surface area contributed by atoms with E-state index in [9.17, 15) is 0 Å². The fourth-order valence-corrected chi connectivity index (χ4v) is 3.07. The average Bonchev–Trinajstić information content (AvgIpc) is 2.40. The zero-order chi connectivity index (χ0) is 13.7. The van der Waals surface area contributed by atoms with Crippen molar-refractivity contribution in [2.45, 2.75) is 52.0 Å². The Labute approximate surface area is 116 Å². The molecule has 0 saturated heterocycles. The van der Waals surface area contributed by atoms with Crippen LogP contribution in [0.15, 0.2) is 18.2 Å². The molecule has 0 heterocycles. The monoisotopic (exact) mass is 262 g/mol. The first-order valence-corrected chi connectivity index (χ1v) is 7.54. The summed E-state index contributed by atoms with van der Waals surface area (Å²) in [6, 6.07) is 6.76. The summed E-state index contributed by atoms with van der Waals surface area (Å²) in [5, 5.41) is 0. The second kappa shape index (κ2) is 6.69. The second-order valence-corrected chi connectivity index (χ2v) is 5.27. The summed E-state index contributed by atoms with van der Waals surface area (Å²) in [7, 11) is 0. The van der Waals surface area contributed by atoms with E-state index >= 15 is 0 Å². The van der Waals surface area contributed by atoms with E-state index in [0.717, 1.165) is 18.0 Å². The molecular formula is C16H26N2O. The van der Waals surface area contributed by atoms with Crippen molar-refractivity contribution in [3.8, 4) is 5.75 Å². The summed E-state index contributed by atoms with van der Waals surface area (Å²) in [5.41, 5.74) is 8.00. The van der Waals surface area contributed by atoms with E-state index in [1.165, 1.54) is 37.8 Å². The minimum atomic E-state index is 0.662. The van der Waals surface area contributed by atoms with Gasteiger partial charge >= 0.3 is 0 Å². The van der Waals surface area contributed by atoms with Crippen molar-refractivity contribution in [2.75, 3.05) is 23.8 Å². The van der Waals surface area contributed by atoms with Gasteiger partial charge in [-0.15, -0.1) is 0 Å². The molecule has 3 heteroatoms. The van der Waals surface area contributed by atoms with Gasteiger partial charge in [0, 0.05) is 36.1 Å². The zero-order valence-electron chi connectivity index (χ0n) is 12.2. The summed E-state index contributed by atoms with van der Waals surface area (Å²) in [4.78, 5) is 2.48. The van der Waals surface area contributed by atoms with Crippen LogP contribution in [0.1, 0.15) is 46.0 Å². The van der Waals surface area contributed by atoms with Crippen LogP contribution in [0, 0.1) is 0 Å². The first-order chi connectivity index (χ1) is 9.24. The lowest BCUT2D eigenvalue weighted by Gasteiger charge is -2.35. The van der Waals surface area contributed by atoms with Gasteiger partial charge in [0.1, 0.15) is 5.75 Å². The van der Waals surface area contributed by atoms with Crippen LogP contribution in [0.2, 0.25) is 0 Å². The van der Waals surface area contributed by atoms with Crippen molar-refractivity contribution in [2.24, 2.45) is 0 Å². The number of hydrogen-bond donors (Lipinski definition) is 1. The smallest absolute Gasteiger partial charge is 0.123 e. The van der Waals surface area contributed by atoms with Crippen molar-refractivity contribution in [3.63, 3.8) is 0 Å². The van der Waals surface area contributed by atoms with Crippen LogP contribution in [0.25, 0.3) is 0 Å². The Morgan fingerprint density at radius 1 is 1.16 bits per heavy atom. The van der Waals surface area contributed by atoms with Crippen LogP contribution in [0.3, 0.4) is 0 Å². The van der Waals surface area contributed by atoms with Crippen molar-refractivity contribution < 1.29 is 4.74 Å². The van der Waals surface area contributed by atoms with Crippen LogP contribution in [0.5, 0.6) is 5.75 Å². The van der Waals surface area contributed by atoms with Gasteiger partial charge in [0.25, 0.3) is 0 Å². The predicted octanol–water partition coefficient (Wildman–Crippen LogP) is 3.83. The topological polar surface area (TPSA) is 38.5 Å². The number of nitrogens with zero attached hydrogens (tertiary/aromatic N) is 1. The molecule has 0 unspecified atom stereocenters.